The molecule has 1 aliphatic heterocycles. The molecular weight excluding hydrogens is 324 g/mol. The van der Waals surface area contributed by atoms with Gasteiger partial charge in [-0.1, -0.05) is 17.7 Å². The zero-order chi connectivity index (χ0) is 16.7. The van der Waals surface area contributed by atoms with Crippen LogP contribution in [0.3, 0.4) is 0 Å². The predicted octanol–water partition coefficient (Wildman–Crippen LogP) is 3.39. The topological polar surface area (TPSA) is 43.1 Å². The lowest BCUT2D eigenvalue weighted by atomic mass is 10.1. The summed E-state index contributed by atoms with van der Waals surface area (Å²) in [5.74, 6) is 0.138. The first-order valence-corrected chi connectivity index (χ1v) is 8.52. The number of rotatable bonds is 3. The van der Waals surface area contributed by atoms with E-state index in [0.717, 1.165) is 35.9 Å². The van der Waals surface area contributed by atoms with Crippen LogP contribution >= 0.6 is 11.6 Å². The van der Waals surface area contributed by atoms with Gasteiger partial charge >= 0.3 is 0 Å². The van der Waals surface area contributed by atoms with E-state index >= 15 is 0 Å². The average molecular weight is 343 g/mol. The van der Waals surface area contributed by atoms with E-state index in [4.69, 9.17) is 11.6 Å². The van der Waals surface area contributed by atoms with Gasteiger partial charge in [-0.2, -0.15) is 5.10 Å². The van der Waals surface area contributed by atoms with Gasteiger partial charge in [0.15, 0.2) is 0 Å². The largest absolute Gasteiger partial charge is 0.338 e. The van der Waals surface area contributed by atoms with E-state index in [1.54, 1.807) is 4.68 Å². The molecule has 124 valence electrons. The molecule has 2 aromatic heterocycles. The molecule has 0 unspecified atom stereocenters. The molecule has 0 radical (unpaired) electrons. The summed E-state index contributed by atoms with van der Waals surface area (Å²) in [6.07, 6.45) is 7.84. The quantitative estimate of drug-likeness (QED) is 0.732. The van der Waals surface area contributed by atoms with Crippen LogP contribution in [0.1, 0.15) is 24.4 Å². The van der Waals surface area contributed by atoms with Gasteiger partial charge in [0.1, 0.15) is 6.54 Å². The number of nitrogens with zero attached hydrogens (tertiary/aromatic N) is 4. The van der Waals surface area contributed by atoms with Gasteiger partial charge in [0.2, 0.25) is 5.91 Å². The normalized spacial score (nSPS) is 17.8. The average Bonchev–Trinajstić information content (AvgIpc) is 3.27. The smallest absolute Gasteiger partial charge is 0.243 e. The summed E-state index contributed by atoms with van der Waals surface area (Å²) >= 11 is 6.10. The summed E-state index contributed by atoms with van der Waals surface area (Å²) in [4.78, 5) is 14.9. The van der Waals surface area contributed by atoms with Crippen LogP contribution in [0.5, 0.6) is 0 Å². The monoisotopic (exact) mass is 342 g/mol. The van der Waals surface area contributed by atoms with Gasteiger partial charge in [-0.25, -0.2) is 0 Å². The van der Waals surface area contributed by atoms with E-state index in [-0.39, 0.29) is 11.9 Å². The highest BCUT2D eigenvalue weighted by molar-refractivity contribution is 6.31. The molecule has 4 rings (SSSR count). The molecule has 6 heteroatoms. The second-order valence-electron chi connectivity index (χ2n) is 6.34. The number of likely N-dealkylation sites (tertiary alicyclic amines) is 1. The van der Waals surface area contributed by atoms with Crippen molar-refractivity contribution >= 4 is 28.4 Å². The molecule has 1 aromatic carbocycles. The number of benzene rings is 1. The third-order valence-corrected chi connectivity index (χ3v) is 4.96. The number of carbonyl (C=O) groups excluding carboxylic acids is 1. The van der Waals surface area contributed by atoms with Gasteiger partial charge in [0.05, 0.1) is 12.2 Å². The van der Waals surface area contributed by atoms with Crippen LogP contribution < -0.4 is 0 Å². The number of amides is 1. The van der Waals surface area contributed by atoms with Gasteiger partial charge in [0.25, 0.3) is 0 Å². The highest BCUT2D eigenvalue weighted by Gasteiger charge is 2.30. The molecule has 0 N–H and O–H groups in total. The van der Waals surface area contributed by atoms with E-state index in [1.807, 2.05) is 59.4 Å². The summed E-state index contributed by atoms with van der Waals surface area (Å²) in [6, 6.07) is 7.91. The van der Waals surface area contributed by atoms with E-state index < -0.39 is 0 Å². The number of aromatic nitrogens is 3. The van der Waals surface area contributed by atoms with Gasteiger partial charge in [-0.15, -0.1) is 0 Å². The second kappa shape index (κ2) is 5.98. The van der Waals surface area contributed by atoms with Crippen LogP contribution in [0.25, 0.3) is 10.9 Å². The molecule has 3 heterocycles. The highest BCUT2D eigenvalue weighted by atomic mass is 35.5. The van der Waals surface area contributed by atoms with Gasteiger partial charge in [-0.3, -0.25) is 9.48 Å². The lowest BCUT2D eigenvalue weighted by Crippen LogP contribution is -2.33. The number of hydrogen-bond donors (Lipinski definition) is 0. The maximum absolute atomic E-state index is 12.9. The number of fused-ring (bicyclic) bond motifs is 1. The summed E-state index contributed by atoms with van der Waals surface area (Å²) < 4.78 is 3.76. The highest BCUT2D eigenvalue weighted by Crippen LogP contribution is 2.32. The molecule has 0 saturated carbocycles. The number of aryl methyl sites for hydroxylation is 1. The molecule has 1 amide bonds. The first kappa shape index (κ1) is 15.3. The molecule has 0 aliphatic carbocycles. The minimum absolute atomic E-state index is 0.136. The van der Waals surface area contributed by atoms with Gasteiger partial charge in [-0.05, 0) is 36.4 Å². The van der Waals surface area contributed by atoms with Crippen molar-refractivity contribution in [3.8, 4) is 0 Å². The van der Waals surface area contributed by atoms with Crippen LogP contribution in [-0.2, 0) is 18.4 Å². The van der Waals surface area contributed by atoms with Crippen molar-refractivity contribution in [3.63, 3.8) is 0 Å². The fraction of sp³-hybridized carbons (Fsp3) is 0.333. The summed E-state index contributed by atoms with van der Waals surface area (Å²) in [5, 5.41) is 6.02. The molecule has 1 saturated heterocycles. The second-order valence-corrected chi connectivity index (χ2v) is 6.78. The Balaban J connectivity index is 1.57. The Kier molecular flexibility index (Phi) is 3.81. The molecule has 1 fully saturated rings. The Bertz CT molecular complexity index is 897. The Morgan fingerprint density at radius 1 is 1.38 bits per heavy atom. The fourth-order valence-electron chi connectivity index (χ4n) is 3.56. The van der Waals surface area contributed by atoms with Crippen LogP contribution in [0.2, 0.25) is 5.02 Å². The fourth-order valence-corrected chi connectivity index (χ4v) is 3.72. The Morgan fingerprint density at radius 3 is 3.04 bits per heavy atom. The first-order chi connectivity index (χ1) is 11.6. The SMILES string of the molecule is Cn1cc([C@H]2CCCN2C(=O)Cn2ccc3ccc(Cl)cc32)cn1. The number of hydrogen-bond acceptors (Lipinski definition) is 2. The van der Waals surface area contributed by atoms with Crippen molar-refractivity contribution in [2.75, 3.05) is 6.54 Å². The lowest BCUT2D eigenvalue weighted by Gasteiger charge is -2.24. The molecule has 24 heavy (non-hydrogen) atoms. The zero-order valence-electron chi connectivity index (χ0n) is 13.5. The van der Waals surface area contributed by atoms with E-state index in [9.17, 15) is 4.79 Å². The number of halogens is 1. The van der Waals surface area contributed by atoms with Crippen molar-refractivity contribution < 1.29 is 4.79 Å². The summed E-state index contributed by atoms with van der Waals surface area (Å²) in [7, 11) is 1.90. The van der Waals surface area contributed by atoms with Crippen molar-refractivity contribution in [2.45, 2.75) is 25.4 Å². The van der Waals surface area contributed by atoms with Crippen molar-refractivity contribution in [3.05, 3.63) is 53.4 Å². The summed E-state index contributed by atoms with van der Waals surface area (Å²) in [5.41, 5.74) is 2.11. The maximum atomic E-state index is 12.9. The Hall–Kier alpha value is -2.27. The Morgan fingerprint density at radius 2 is 2.25 bits per heavy atom. The van der Waals surface area contributed by atoms with Crippen molar-refractivity contribution in [2.24, 2.45) is 7.05 Å². The minimum atomic E-state index is 0.136. The maximum Gasteiger partial charge on any atom is 0.243 e. The molecule has 5 nitrogen and oxygen atoms in total. The molecular formula is C18H19ClN4O. The summed E-state index contributed by atoms with van der Waals surface area (Å²) in [6.45, 7) is 1.14. The van der Waals surface area contributed by atoms with Crippen molar-refractivity contribution in [1.82, 2.24) is 19.2 Å². The van der Waals surface area contributed by atoms with Crippen LogP contribution in [0.4, 0.5) is 0 Å². The third kappa shape index (κ3) is 2.69. The molecule has 0 spiro atoms. The van der Waals surface area contributed by atoms with Crippen LogP contribution in [0, 0.1) is 0 Å². The van der Waals surface area contributed by atoms with Crippen molar-refractivity contribution in [1.29, 1.82) is 0 Å². The molecule has 3 aromatic rings. The van der Waals surface area contributed by atoms with E-state index in [1.165, 1.54) is 0 Å². The Labute approximate surface area is 145 Å². The predicted molar refractivity (Wildman–Crippen MR) is 93.8 cm³/mol. The molecule has 0 bridgehead atoms. The zero-order valence-corrected chi connectivity index (χ0v) is 14.3. The number of carbonyl (C=O) groups is 1. The standard InChI is InChI=1S/C18H19ClN4O/c1-21-11-14(10-20-21)16-3-2-7-23(16)18(24)12-22-8-6-13-4-5-15(19)9-17(13)22/h4-6,8-11,16H,2-3,7,12H2,1H3/t16-/m1/s1. The molecule has 1 atom stereocenters. The molecule has 1 aliphatic rings. The minimum Gasteiger partial charge on any atom is -0.338 e. The van der Waals surface area contributed by atoms with Crippen LogP contribution in [0.15, 0.2) is 42.9 Å². The third-order valence-electron chi connectivity index (χ3n) is 4.72. The van der Waals surface area contributed by atoms with Crippen LogP contribution in [-0.4, -0.2) is 31.7 Å². The van der Waals surface area contributed by atoms with E-state index in [2.05, 4.69) is 5.10 Å². The van der Waals surface area contributed by atoms with Gasteiger partial charge < -0.3 is 9.47 Å². The van der Waals surface area contributed by atoms with Gasteiger partial charge in [0, 0.05) is 42.1 Å². The lowest BCUT2D eigenvalue weighted by molar-refractivity contribution is -0.132. The van der Waals surface area contributed by atoms with E-state index in [0.29, 0.717) is 11.6 Å². The first-order valence-electron chi connectivity index (χ1n) is 8.14.